The summed E-state index contributed by atoms with van der Waals surface area (Å²) in [6.45, 7) is 1.77. The standard InChI is InChI=1S/C19H19BrN4O2S/c20-15-5-8-18-17(11-15)19(23-13-22-18)21-12-14-3-6-16(7-4-14)27(25,26)24-9-1-2-10-24/h3-8,11,13H,1-2,9-10,12H2,(H,21,22,23). The monoisotopic (exact) mass is 446 g/mol. The second-order valence-corrected chi connectivity index (χ2v) is 9.35. The van der Waals surface area contributed by atoms with Gasteiger partial charge in [0.1, 0.15) is 12.1 Å². The Kier molecular flexibility index (Phi) is 5.12. The lowest BCUT2D eigenvalue weighted by Gasteiger charge is -2.15. The van der Waals surface area contributed by atoms with Gasteiger partial charge in [0.15, 0.2) is 0 Å². The maximum absolute atomic E-state index is 12.6. The van der Waals surface area contributed by atoms with E-state index in [-0.39, 0.29) is 0 Å². The first-order valence-corrected chi connectivity index (χ1v) is 11.0. The van der Waals surface area contributed by atoms with Gasteiger partial charge in [0.25, 0.3) is 0 Å². The normalized spacial score (nSPS) is 15.3. The van der Waals surface area contributed by atoms with Crippen molar-refractivity contribution in [2.45, 2.75) is 24.3 Å². The van der Waals surface area contributed by atoms with Gasteiger partial charge in [-0.15, -0.1) is 0 Å². The molecule has 1 aliphatic rings. The van der Waals surface area contributed by atoms with Crippen LogP contribution < -0.4 is 5.32 Å². The number of anilines is 1. The van der Waals surface area contributed by atoms with Crippen molar-refractivity contribution >= 4 is 42.7 Å². The maximum atomic E-state index is 12.6. The molecule has 1 fully saturated rings. The second kappa shape index (κ2) is 7.53. The molecule has 0 aliphatic carbocycles. The lowest BCUT2D eigenvalue weighted by Crippen LogP contribution is -2.27. The number of hydrogen-bond acceptors (Lipinski definition) is 5. The van der Waals surface area contributed by atoms with Crippen LogP contribution in [0.5, 0.6) is 0 Å². The molecule has 0 atom stereocenters. The van der Waals surface area contributed by atoms with E-state index < -0.39 is 10.0 Å². The molecule has 0 spiro atoms. The summed E-state index contributed by atoms with van der Waals surface area (Å²) in [5, 5.41) is 4.24. The molecule has 2 heterocycles. The molecule has 0 saturated carbocycles. The summed E-state index contributed by atoms with van der Waals surface area (Å²) in [4.78, 5) is 8.95. The predicted molar refractivity (Wildman–Crippen MR) is 109 cm³/mol. The summed E-state index contributed by atoms with van der Waals surface area (Å²) in [6.07, 6.45) is 3.40. The molecule has 1 aromatic heterocycles. The van der Waals surface area contributed by atoms with E-state index in [2.05, 4.69) is 31.2 Å². The minimum absolute atomic E-state index is 0.351. The summed E-state index contributed by atoms with van der Waals surface area (Å²) >= 11 is 3.47. The third-order valence-corrected chi connectivity index (χ3v) is 7.09. The fourth-order valence-corrected chi connectivity index (χ4v) is 5.09. The minimum atomic E-state index is -3.37. The maximum Gasteiger partial charge on any atom is 0.243 e. The molecule has 140 valence electrons. The molecule has 1 saturated heterocycles. The van der Waals surface area contributed by atoms with Crippen LogP contribution in [0.4, 0.5) is 5.82 Å². The van der Waals surface area contributed by atoms with Gasteiger partial charge in [-0.2, -0.15) is 4.31 Å². The highest BCUT2D eigenvalue weighted by atomic mass is 79.9. The Bertz CT molecular complexity index is 1060. The highest BCUT2D eigenvalue weighted by Crippen LogP contribution is 2.24. The van der Waals surface area contributed by atoms with Crippen LogP contribution in [0, 0.1) is 0 Å². The molecule has 27 heavy (non-hydrogen) atoms. The number of nitrogens with zero attached hydrogens (tertiary/aromatic N) is 3. The van der Waals surface area contributed by atoms with Gasteiger partial charge in [-0.25, -0.2) is 18.4 Å². The molecule has 0 amide bonds. The fraction of sp³-hybridized carbons (Fsp3) is 0.263. The van der Waals surface area contributed by atoms with E-state index >= 15 is 0 Å². The number of fused-ring (bicyclic) bond motifs is 1. The van der Waals surface area contributed by atoms with Crippen LogP contribution in [0.15, 0.2) is 58.2 Å². The lowest BCUT2D eigenvalue weighted by atomic mass is 10.2. The molecule has 3 aromatic rings. The number of nitrogens with one attached hydrogen (secondary N) is 1. The zero-order chi connectivity index (χ0) is 18.9. The van der Waals surface area contributed by atoms with Crippen molar-refractivity contribution in [3.63, 3.8) is 0 Å². The Morgan fingerprint density at radius 3 is 2.52 bits per heavy atom. The average molecular weight is 447 g/mol. The first-order valence-electron chi connectivity index (χ1n) is 8.77. The average Bonchev–Trinajstić information content (AvgIpc) is 3.22. The second-order valence-electron chi connectivity index (χ2n) is 6.49. The SMILES string of the molecule is O=S(=O)(c1ccc(CNc2ncnc3ccc(Br)cc23)cc1)N1CCCC1. The van der Waals surface area contributed by atoms with Gasteiger partial charge in [-0.05, 0) is 48.7 Å². The largest absolute Gasteiger partial charge is 0.365 e. The topological polar surface area (TPSA) is 75.2 Å². The van der Waals surface area contributed by atoms with Crippen LogP contribution in [-0.2, 0) is 16.6 Å². The number of hydrogen-bond donors (Lipinski definition) is 1. The molecule has 2 aromatic carbocycles. The van der Waals surface area contributed by atoms with Crippen LogP contribution in [0.1, 0.15) is 18.4 Å². The summed E-state index contributed by atoms with van der Waals surface area (Å²) in [5.74, 6) is 0.745. The van der Waals surface area contributed by atoms with Crippen molar-refractivity contribution in [2.75, 3.05) is 18.4 Å². The number of benzene rings is 2. The molecule has 6 nitrogen and oxygen atoms in total. The van der Waals surface area contributed by atoms with Gasteiger partial charge >= 0.3 is 0 Å². The zero-order valence-electron chi connectivity index (χ0n) is 14.6. The lowest BCUT2D eigenvalue weighted by molar-refractivity contribution is 0.477. The molecule has 8 heteroatoms. The van der Waals surface area contributed by atoms with Gasteiger partial charge in [-0.3, -0.25) is 0 Å². The number of sulfonamides is 1. The third-order valence-electron chi connectivity index (χ3n) is 4.68. The van der Waals surface area contributed by atoms with Crippen molar-refractivity contribution < 1.29 is 8.42 Å². The number of aromatic nitrogens is 2. The van der Waals surface area contributed by atoms with Crippen molar-refractivity contribution in [3.05, 3.63) is 58.8 Å². The molecular formula is C19H19BrN4O2S. The van der Waals surface area contributed by atoms with Crippen molar-refractivity contribution in [3.8, 4) is 0 Å². The Labute approximate surface area is 166 Å². The zero-order valence-corrected chi connectivity index (χ0v) is 17.0. The smallest absolute Gasteiger partial charge is 0.243 e. The molecule has 1 aliphatic heterocycles. The van der Waals surface area contributed by atoms with Gasteiger partial charge in [-0.1, -0.05) is 28.1 Å². The molecule has 0 radical (unpaired) electrons. The van der Waals surface area contributed by atoms with Crippen LogP contribution in [0.3, 0.4) is 0 Å². The predicted octanol–water partition coefficient (Wildman–Crippen LogP) is 3.79. The Hall–Kier alpha value is -2.03. The summed E-state index contributed by atoms with van der Waals surface area (Å²) < 4.78 is 27.7. The first kappa shape index (κ1) is 18.3. The first-order chi connectivity index (χ1) is 13.0. The van der Waals surface area contributed by atoms with Gasteiger partial charge in [0.2, 0.25) is 10.0 Å². The van der Waals surface area contributed by atoms with Crippen LogP contribution in [0.2, 0.25) is 0 Å². The van der Waals surface area contributed by atoms with Crippen LogP contribution >= 0.6 is 15.9 Å². The highest BCUT2D eigenvalue weighted by Gasteiger charge is 2.26. The summed E-state index contributed by atoms with van der Waals surface area (Å²) in [6, 6.07) is 12.9. The summed E-state index contributed by atoms with van der Waals surface area (Å²) in [7, 11) is -3.37. The quantitative estimate of drug-likeness (QED) is 0.644. The molecule has 0 unspecified atom stereocenters. The fourth-order valence-electron chi connectivity index (χ4n) is 3.21. The van der Waals surface area contributed by atoms with Gasteiger partial charge in [0.05, 0.1) is 10.4 Å². The van der Waals surface area contributed by atoms with Gasteiger partial charge < -0.3 is 5.32 Å². The van der Waals surface area contributed by atoms with Crippen molar-refractivity contribution in [1.29, 1.82) is 0 Å². The Morgan fingerprint density at radius 2 is 1.78 bits per heavy atom. The van der Waals surface area contributed by atoms with E-state index in [1.54, 1.807) is 16.4 Å². The Morgan fingerprint density at radius 1 is 1.04 bits per heavy atom. The van der Waals surface area contributed by atoms with E-state index in [9.17, 15) is 8.42 Å². The third kappa shape index (κ3) is 3.83. The number of halogens is 1. The van der Waals surface area contributed by atoms with Crippen LogP contribution in [-0.4, -0.2) is 35.8 Å². The van der Waals surface area contributed by atoms with Crippen molar-refractivity contribution in [2.24, 2.45) is 0 Å². The van der Waals surface area contributed by atoms with Crippen molar-refractivity contribution in [1.82, 2.24) is 14.3 Å². The summed E-state index contributed by atoms with van der Waals surface area (Å²) in [5.41, 5.74) is 1.85. The van der Waals surface area contributed by atoms with E-state index in [0.29, 0.717) is 24.5 Å². The Balaban J connectivity index is 1.50. The molecular weight excluding hydrogens is 428 g/mol. The molecule has 0 bridgehead atoms. The van der Waals surface area contributed by atoms with E-state index in [4.69, 9.17) is 0 Å². The van der Waals surface area contributed by atoms with E-state index in [0.717, 1.165) is 39.6 Å². The van der Waals surface area contributed by atoms with Gasteiger partial charge in [0, 0.05) is 29.5 Å². The van der Waals surface area contributed by atoms with E-state index in [1.807, 2.05) is 30.3 Å². The number of rotatable bonds is 5. The van der Waals surface area contributed by atoms with Crippen LogP contribution in [0.25, 0.3) is 10.9 Å². The highest BCUT2D eigenvalue weighted by molar-refractivity contribution is 9.10. The van der Waals surface area contributed by atoms with E-state index in [1.165, 1.54) is 6.33 Å². The molecule has 1 N–H and O–H groups in total. The molecule has 4 rings (SSSR count). The minimum Gasteiger partial charge on any atom is -0.365 e.